The summed E-state index contributed by atoms with van der Waals surface area (Å²) in [7, 11) is 0. The smallest absolute Gasteiger partial charge is 0.249 e. The lowest BCUT2D eigenvalue weighted by atomic mass is 9.95. The Labute approximate surface area is 129 Å². The van der Waals surface area contributed by atoms with Crippen LogP contribution in [0.15, 0.2) is 54.7 Å². The highest BCUT2D eigenvalue weighted by atomic mass is 16.1. The number of para-hydroxylation sites is 1. The van der Waals surface area contributed by atoms with E-state index in [9.17, 15) is 4.79 Å². The van der Waals surface area contributed by atoms with Gasteiger partial charge in [-0.15, -0.1) is 0 Å². The number of rotatable bonds is 4. The molecule has 3 rings (SSSR count). The first kappa shape index (κ1) is 14.1. The molecule has 110 valence electrons. The Balaban J connectivity index is 2.14. The van der Waals surface area contributed by atoms with E-state index in [1.807, 2.05) is 36.5 Å². The number of H-pyrrole nitrogens is 1. The maximum absolute atomic E-state index is 11.6. The van der Waals surface area contributed by atoms with Gasteiger partial charge in [-0.3, -0.25) is 4.79 Å². The standard InChI is InChI=1S/C19H18N2O/c1-2-13(15-7-3-4-9-17(15)19(20)22)11-14-12-21-18-10-6-5-8-16(14)18/h3-12,21H,2H2,1H3,(H2,20,22). The number of amides is 1. The van der Waals surface area contributed by atoms with Gasteiger partial charge in [0.2, 0.25) is 5.91 Å². The average Bonchev–Trinajstić information content (AvgIpc) is 2.95. The van der Waals surface area contributed by atoms with Crippen molar-refractivity contribution in [2.45, 2.75) is 13.3 Å². The van der Waals surface area contributed by atoms with E-state index in [0.29, 0.717) is 5.56 Å². The second-order valence-corrected chi connectivity index (χ2v) is 5.22. The fourth-order valence-electron chi connectivity index (χ4n) is 2.75. The molecule has 3 heteroatoms. The van der Waals surface area contributed by atoms with Gasteiger partial charge in [0, 0.05) is 28.2 Å². The van der Waals surface area contributed by atoms with Gasteiger partial charge >= 0.3 is 0 Å². The van der Waals surface area contributed by atoms with Crippen LogP contribution < -0.4 is 5.73 Å². The molecule has 0 saturated heterocycles. The first-order valence-corrected chi connectivity index (χ1v) is 7.36. The number of benzene rings is 2. The van der Waals surface area contributed by atoms with Crippen LogP contribution in [0.2, 0.25) is 0 Å². The van der Waals surface area contributed by atoms with Crippen LogP contribution in [-0.2, 0) is 0 Å². The lowest BCUT2D eigenvalue weighted by Gasteiger charge is -2.09. The topological polar surface area (TPSA) is 58.9 Å². The Morgan fingerprint density at radius 1 is 1.09 bits per heavy atom. The van der Waals surface area contributed by atoms with E-state index < -0.39 is 5.91 Å². The van der Waals surface area contributed by atoms with Gasteiger partial charge in [0.25, 0.3) is 0 Å². The first-order valence-electron chi connectivity index (χ1n) is 7.36. The molecule has 0 aliphatic heterocycles. The summed E-state index contributed by atoms with van der Waals surface area (Å²) in [6.45, 7) is 2.08. The highest BCUT2D eigenvalue weighted by molar-refractivity contribution is 6.01. The van der Waals surface area contributed by atoms with E-state index in [2.05, 4.69) is 30.1 Å². The number of carbonyl (C=O) groups is 1. The third kappa shape index (κ3) is 2.53. The van der Waals surface area contributed by atoms with Gasteiger partial charge in [-0.1, -0.05) is 43.3 Å². The maximum atomic E-state index is 11.6. The van der Waals surface area contributed by atoms with Crippen molar-refractivity contribution < 1.29 is 4.79 Å². The normalized spacial score (nSPS) is 11.8. The van der Waals surface area contributed by atoms with Crippen LogP contribution in [0.25, 0.3) is 22.6 Å². The van der Waals surface area contributed by atoms with Crippen LogP contribution in [0.3, 0.4) is 0 Å². The highest BCUT2D eigenvalue weighted by Gasteiger charge is 2.11. The summed E-state index contributed by atoms with van der Waals surface area (Å²) in [5, 5.41) is 1.17. The molecule has 1 aromatic heterocycles. The molecular weight excluding hydrogens is 272 g/mol. The van der Waals surface area contributed by atoms with Crippen molar-refractivity contribution in [3.05, 3.63) is 71.4 Å². The number of carbonyl (C=O) groups excluding carboxylic acids is 1. The number of hydrogen-bond acceptors (Lipinski definition) is 1. The molecule has 0 aliphatic carbocycles. The Kier molecular flexibility index (Phi) is 3.79. The summed E-state index contributed by atoms with van der Waals surface area (Å²) >= 11 is 0. The van der Waals surface area contributed by atoms with Gasteiger partial charge in [-0.05, 0) is 35.8 Å². The van der Waals surface area contributed by atoms with Crippen LogP contribution in [0.1, 0.15) is 34.8 Å². The zero-order chi connectivity index (χ0) is 15.5. The molecular formula is C19H18N2O. The van der Waals surface area contributed by atoms with E-state index >= 15 is 0 Å². The van der Waals surface area contributed by atoms with Crippen molar-refractivity contribution in [1.29, 1.82) is 0 Å². The van der Waals surface area contributed by atoms with Gasteiger partial charge in [-0.2, -0.15) is 0 Å². The van der Waals surface area contributed by atoms with Crippen molar-refractivity contribution in [2.24, 2.45) is 5.73 Å². The first-order chi connectivity index (χ1) is 10.7. The number of hydrogen-bond donors (Lipinski definition) is 2. The largest absolute Gasteiger partial charge is 0.366 e. The molecule has 0 bridgehead atoms. The Hall–Kier alpha value is -2.81. The zero-order valence-corrected chi connectivity index (χ0v) is 12.5. The Morgan fingerprint density at radius 2 is 1.77 bits per heavy atom. The summed E-state index contributed by atoms with van der Waals surface area (Å²) in [6, 6.07) is 15.7. The van der Waals surface area contributed by atoms with Crippen molar-refractivity contribution in [3.63, 3.8) is 0 Å². The predicted molar refractivity (Wildman–Crippen MR) is 91.4 cm³/mol. The minimum atomic E-state index is -0.395. The molecule has 0 unspecified atom stereocenters. The van der Waals surface area contributed by atoms with Crippen molar-refractivity contribution >= 4 is 28.5 Å². The number of nitrogens with one attached hydrogen (secondary N) is 1. The second-order valence-electron chi connectivity index (χ2n) is 5.22. The molecule has 1 amide bonds. The second kappa shape index (κ2) is 5.90. The summed E-state index contributed by atoms with van der Waals surface area (Å²) < 4.78 is 0. The fourth-order valence-corrected chi connectivity index (χ4v) is 2.75. The zero-order valence-electron chi connectivity index (χ0n) is 12.5. The SMILES string of the molecule is CCC(=Cc1c[nH]c2ccccc12)c1ccccc1C(N)=O. The van der Waals surface area contributed by atoms with Crippen LogP contribution in [0.5, 0.6) is 0 Å². The number of nitrogens with two attached hydrogens (primary N) is 1. The molecule has 3 nitrogen and oxygen atoms in total. The van der Waals surface area contributed by atoms with Gasteiger partial charge in [0.1, 0.15) is 0 Å². The molecule has 3 aromatic rings. The molecule has 2 aromatic carbocycles. The molecule has 3 N–H and O–H groups in total. The van der Waals surface area contributed by atoms with Crippen molar-refractivity contribution in [1.82, 2.24) is 4.98 Å². The van der Waals surface area contributed by atoms with Crippen LogP contribution in [0, 0.1) is 0 Å². The minimum absolute atomic E-state index is 0.395. The van der Waals surface area contributed by atoms with E-state index in [1.54, 1.807) is 6.07 Å². The number of aromatic amines is 1. The highest BCUT2D eigenvalue weighted by Crippen LogP contribution is 2.27. The lowest BCUT2D eigenvalue weighted by molar-refractivity contribution is 0.1000. The van der Waals surface area contributed by atoms with Gasteiger partial charge in [-0.25, -0.2) is 0 Å². The Bertz CT molecular complexity index is 859. The Morgan fingerprint density at radius 3 is 2.50 bits per heavy atom. The number of fused-ring (bicyclic) bond motifs is 1. The fraction of sp³-hybridized carbons (Fsp3) is 0.105. The van der Waals surface area contributed by atoms with E-state index in [1.165, 1.54) is 5.39 Å². The van der Waals surface area contributed by atoms with E-state index in [0.717, 1.165) is 28.6 Å². The van der Waals surface area contributed by atoms with Crippen molar-refractivity contribution in [2.75, 3.05) is 0 Å². The maximum Gasteiger partial charge on any atom is 0.249 e. The molecule has 0 spiro atoms. The molecule has 0 atom stereocenters. The molecule has 0 saturated carbocycles. The van der Waals surface area contributed by atoms with Gasteiger partial charge in [0.05, 0.1) is 0 Å². The van der Waals surface area contributed by atoms with Gasteiger partial charge < -0.3 is 10.7 Å². The van der Waals surface area contributed by atoms with Crippen LogP contribution in [0.4, 0.5) is 0 Å². The van der Waals surface area contributed by atoms with Gasteiger partial charge in [0.15, 0.2) is 0 Å². The molecule has 1 heterocycles. The van der Waals surface area contributed by atoms with E-state index in [4.69, 9.17) is 5.73 Å². The molecule has 22 heavy (non-hydrogen) atoms. The third-order valence-corrected chi connectivity index (χ3v) is 3.87. The number of allylic oxidation sites excluding steroid dienone is 1. The molecule has 0 aliphatic rings. The quantitative estimate of drug-likeness (QED) is 0.742. The molecule has 0 fully saturated rings. The summed E-state index contributed by atoms with van der Waals surface area (Å²) in [5.41, 5.74) is 10.3. The average molecular weight is 290 g/mol. The predicted octanol–water partition coefficient (Wildman–Crippen LogP) is 4.22. The monoisotopic (exact) mass is 290 g/mol. The number of aromatic nitrogens is 1. The van der Waals surface area contributed by atoms with E-state index in [-0.39, 0.29) is 0 Å². The van der Waals surface area contributed by atoms with Crippen LogP contribution >= 0.6 is 0 Å². The van der Waals surface area contributed by atoms with Crippen molar-refractivity contribution in [3.8, 4) is 0 Å². The summed E-state index contributed by atoms with van der Waals surface area (Å²) in [5.74, 6) is -0.395. The number of primary amides is 1. The molecule has 0 radical (unpaired) electrons. The summed E-state index contributed by atoms with van der Waals surface area (Å²) in [6.07, 6.45) is 4.94. The summed E-state index contributed by atoms with van der Waals surface area (Å²) in [4.78, 5) is 14.9. The van der Waals surface area contributed by atoms with Crippen LogP contribution in [-0.4, -0.2) is 10.9 Å². The third-order valence-electron chi connectivity index (χ3n) is 3.87. The minimum Gasteiger partial charge on any atom is -0.366 e. The lowest BCUT2D eigenvalue weighted by Crippen LogP contribution is -2.13.